The van der Waals surface area contributed by atoms with Crippen LogP contribution in [-0.2, 0) is 4.52 Å². The van der Waals surface area contributed by atoms with Crippen molar-refractivity contribution in [1.82, 2.24) is 0 Å². The zero-order valence-corrected chi connectivity index (χ0v) is 7.18. The summed E-state index contributed by atoms with van der Waals surface area (Å²) >= 11 is 0. The fraction of sp³-hybridized carbons (Fsp3) is 0.286. The van der Waals surface area contributed by atoms with Crippen molar-refractivity contribution in [2.75, 3.05) is 6.61 Å². The van der Waals surface area contributed by atoms with Gasteiger partial charge in [-0.05, 0) is 17.6 Å². The van der Waals surface area contributed by atoms with Gasteiger partial charge >= 0.3 is 0 Å². The minimum atomic E-state index is 0.615. The molecule has 11 heavy (non-hydrogen) atoms. The highest BCUT2D eigenvalue weighted by Gasteiger charge is 2.05. The molecule has 4 heteroatoms. The molecule has 1 unspecified atom stereocenters. The summed E-state index contributed by atoms with van der Waals surface area (Å²) in [4.78, 5) is 0. The van der Waals surface area contributed by atoms with E-state index in [1.54, 1.807) is 0 Å². The van der Waals surface area contributed by atoms with Crippen LogP contribution < -0.4 is 0 Å². The molecule has 0 saturated carbocycles. The van der Waals surface area contributed by atoms with E-state index in [2.05, 4.69) is 14.6 Å². The predicted molar refractivity (Wildman–Crippen MR) is 46.7 cm³/mol. The van der Waals surface area contributed by atoms with Gasteiger partial charge < -0.3 is 9.73 Å². The monoisotopic (exact) mass is 171 g/mol. The number of hydrogen-bond acceptors (Lipinski definition) is 3. The summed E-state index contributed by atoms with van der Waals surface area (Å²) in [6, 6.07) is 0. The zero-order chi connectivity index (χ0) is 8.10. The Hall–Kier alpha value is -0.660. The number of nitrogens with zero attached hydrogens (tertiary/aromatic N) is 1. The summed E-state index contributed by atoms with van der Waals surface area (Å²) in [5, 5.41) is 11.2. The first kappa shape index (κ1) is 8.44. The van der Waals surface area contributed by atoms with Gasteiger partial charge in [0.25, 0.3) is 0 Å². The molecule has 0 bridgehead atoms. The van der Waals surface area contributed by atoms with E-state index in [0.29, 0.717) is 6.61 Å². The lowest BCUT2D eigenvalue weighted by molar-refractivity contribution is 0.321. The summed E-state index contributed by atoms with van der Waals surface area (Å²) in [6.45, 7) is 0.615. The molecule has 0 heterocycles. The fourth-order valence-electron chi connectivity index (χ4n) is 0.974. The zero-order valence-electron chi connectivity index (χ0n) is 6.03. The third kappa shape index (κ3) is 2.45. The molecule has 1 aliphatic rings. The largest absolute Gasteiger partial charge is 0.411 e. The summed E-state index contributed by atoms with van der Waals surface area (Å²) in [5.74, 6) is 0. The van der Waals surface area contributed by atoms with Crippen LogP contribution in [0.3, 0.4) is 0 Å². The van der Waals surface area contributed by atoms with E-state index < -0.39 is 0 Å². The lowest BCUT2D eigenvalue weighted by atomic mass is 10.2. The van der Waals surface area contributed by atoms with Crippen LogP contribution in [0.4, 0.5) is 0 Å². The van der Waals surface area contributed by atoms with E-state index in [1.807, 2.05) is 12.2 Å². The van der Waals surface area contributed by atoms with Gasteiger partial charge in [-0.2, -0.15) is 0 Å². The van der Waals surface area contributed by atoms with Gasteiger partial charge in [0.2, 0.25) is 0 Å². The normalized spacial score (nSPS) is 17.2. The first-order valence-corrected chi connectivity index (χ1v) is 3.71. The quantitative estimate of drug-likeness (QED) is 0.302. The Morgan fingerprint density at radius 2 is 2.55 bits per heavy atom. The van der Waals surface area contributed by atoms with Crippen molar-refractivity contribution in [3.8, 4) is 0 Å². The summed E-state index contributed by atoms with van der Waals surface area (Å²) in [7, 11) is 2.20. The molecule has 60 valence electrons. The summed E-state index contributed by atoms with van der Waals surface area (Å²) in [5.41, 5.74) is 2.19. The second-order valence-electron chi connectivity index (χ2n) is 2.30. The van der Waals surface area contributed by atoms with E-state index in [-0.39, 0.29) is 0 Å². The Labute approximate surface area is 67.7 Å². The minimum Gasteiger partial charge on any atom is -0.411 e. The lowest BCUT2D eigenvalue weighted by Gasteiger charge is -1.98. The van der Waals surface area contributed by atoms with Crippen molar-refractivity contribution in [2.24, 2.45) is 5.16 Å². The van der Waals surface area contributed by atoms with E-state index in [9.17, 15) is 0 Å². The van der Waals surface area contributed by atoms with Crippen LogP contribution in [0.2, 0.25) is 0 Å². The molecule has 0 radical (unpaired) electrons. The molecule has 0 aromatic rings. The topological polar surface area (TPSA) is 41.8 Å². The van der Waals surface area contributed by atoms with Crippen LogP contribution >= 0.6 is 9.47 Å². The molecule has 1 atom stereocenters. The molecule has 0 amide bonds. The highest BCUT2D eigenvalue weighted by molar-refractivity contribution is 7.09. The molecule has 0 saturated heterocycles. The van der Waals surface area contributed by atoms with Crippen LogP contribution in [0.1, 0.15) is 6.42 Å². The van der Waals surface area contributed by atoms with Gasteiger partial charge in [0.05, 0.1) is 12.8 Å². The molecular formula is C7H10NO2P. The second-order valence-corrected chi connectivity index (χ2v) is 2.63. The van der Waals surface area contributed by atoms with Crippen LogP contribution in [0.15, 0.2) is 28.5 Å². The molecule has 0 fully saturated rings. The third-order valence-electron chi connectivity index (χ3n) is 1.46. The van der Waals surface area contributed by atoms with Crippen molar-refractivity contribution in [2.45, 2.75) is 6.42 Å². The van der Waals surface area contributed by atoms with Gasteiger partial charge in [0, 0.05) is 9.47 Å². The third-order valence-corrected chi connectivity index (χ3v) is 1.62. The Morgan fingerprint density at radius 1 is 1.73 bits per heavy atom. The van der Waals surface area contributed by atoms with Gasteiger partial charge in [0.1, 0.15) is 0 Å². The molecule has 0 aliphatic heterocycles. The summed E-state index contributed by atoms with van der Waals surface area (Å²) < 4.78 is 4.86. The van der Waals surface area contributed by atoms with Crippen molar-refractivity contribution >= 4 is 15.7 Å². The molecule has 1 rings (SSSR count). The second kappa shape index (κ2) is 4.27. The van der Waals surface area contributed by atoms with Gasteiger partial charge in [-0.1, -0.05) is 17.3 Å². The van der Waals surface area contributed by atoms with Gasteiger partial charge in [-0.25, -0.2) is 0 Å². The number of oxime groups is 1. The maximum Gasteiger partial charge on any atom is 0.0719 e. The van der Waals surface area contributed by atoms with Crippen LogP contribution in [0.25, 0.3) is 0 Å². The highest BCUT2D eigenvalue weighted by Crippen LogP contribution is 2.17. The Morgan fingerprint density at radius 3 is 3.18 bits per heavy atom. The van der Waals surface area contributed by atoms with Gasteiger partial charge in [0.15, 0.2) is 0 Å². The van der Waals surface area contributed by atoms with E-state index in [4.69, 9.17) is 9.73 Å². The van der Waals surface area contributed by atoms with Crippen LogP contribution in [-0.4, -0.2) is 18.0 Å². The Balaban J connectivity index is 2.39. The van der Waals surface area contributed by atoms with E-state index in [0.717, 1.165) is 12.0 Å². The number of allylic oxidation sites excluding steroid dienone is 3. The maximum absolute atomic E-state index is 8.21. The smallest absolute Gasteiger partial charge is 0.0719 e. The fourth-order valence-corrected chi connectivity index (χ4v) is 1.19. The Kier molecular flexibility index (Phi) is 3.27. The number of rotatable bonds is 3. The molecule has 0 aromatic carbocycles. The molecule has 1 aliphatic carbocycles. The van der Waals surface area contributed by atoms with Crippen LogP contribution in [0.5, 0.6) is 0 Å². The van der Waals surface area contributed by atoms with E-state index >= 15 is 0 Å². The number of hydrogen-bond donors (Lipinski definition) is 1. The molecule has 0 spiro atoms. The first-order valence-electron chi connectivity index (χ1n) is 3.24. The average Bonchev–Trinajstić information content (AvgIpc) is 2.38. The molecular weight excluding hydrogens is 161 g/mol. The standard InChI is InChI=1S/C7H10NO2P/c9-8-4-6-1-2-7(3-6)5-10-11/h1-2,4,9H,3,5,11H2/b8-4+. The van der Waals surface area contributed by atoms with Crippen molar-refractivity contribution in [1.29, 1.82) is 0 Å². The summed E-state index contributed by atoms with van der Waals surface area (Å²) in [6.07, 6.45) is 6.14. The van der Waals surface area contributed by atoms with Gasteiger partial charge in [-0.15, -0.1) is 0 Å². The van der Waals surface area contributed by atoms with Crippen molar-refractivity contribution in [3.05, 3.63) is 23.3 Å². The molecule has 0 aromatic heterocycles. The lowest BCUT2D eigenvalue weighted by Crippen LogP contribution is -1.89. The SMILES string of the molecule is O/N=C/C1=CC=C(COP)C1. The van der Waals surface area contributed by atoms with Gasteiger partial charge in [-0.3, -0.25) is 0 Å². The average molecular weight is 171 g/mol. The van der Waals surface area contributed by atoms with Crippen molar-refractivity contribution < 1.29 is 9.73 Å². The van der Waals surface area contributed by atoms with E-state index in [1.165, 1.54) is 11.8 Å². The first-order chi connectivity index (χ1) is 5.36. The maximum atomic E-state index is 8.21. The van der Waals surface area contributed by atoms with Crippen molar-refractivity contribution in [3.63, 3.8) is 0 Å². The molecule has 3 nitrogen and oxygen atoms in total. The van der Waals surface area contributed by atoms with Crippen LogP contribution in [0, 0.1) is 0 Å². The Bertz CT molecular complexity index is 220. The minimum absolute atomic E-state index is 0.615. The highest BCUT2D eigenvalue weighted by atomic mass is 31.0. The molecule has 1 N–H and O–H groups in total. The predicted octanol–water partition coefficient (Wildman–Crippen LogP) is 1.51.